The summed E-state index contributed by atoms with van der Waals surface area (Å²) in [7, 11) is 3.29. The first-order valence-electron chi connectivity index (χ1n) is 11.3. The molecular formula is C26H37ClFNO3. The smallest absolute Gasteiger partial charge is 0.160 e. The van der Waals surface area contributed by atoms with Crippen molar-refractivity contribution in [1.82, 2.24) is 5.32 Å². The van der Waals surface area contributed by atoms with Crippen LogP contribution in [0.2, 0.25) is 0 Å². The number of hydrogen-bond donors (Lipinski definition) is 2. The van der Waals surface area contributed by atoms with Gasteiger partial charge in [0, 0.05) is 5.92 Å². The van der Waals surface area contributed by atoms with Crippen molar-refractivity contribution in [1.29, 1.82) is 0 Å². The number of benzene rings is 2. The van der Waals surface area contributed by atoms with Gasteiger partial charge >= 0.3 is 0 Å². The molecule has 2 aromatic carbocycles. The summed E-state index contributed by atoms with van der Waals surface area (Å²) in [5.74, 6) is 1.63. The van der Waals surface area contributed by atoms with Gasteiger partial charge in [-0.2, -0.15) is 0 Å². The second kappa shape index (κ2) is 11.9. The maximum atomic E-state index is 13.7. The summed E-state index contributed by atoms with van der Waals surface area (Å²) in [5, 5.41) is 15.0. The first kappa shape index (κ1) is 26.4. The van der Waals surface area contributed by atoms with E-state index in [2.05, 4.69) is 25.2 Å². The van der Waals surface area contributed by atoms with Crippen molar-refractivity contribution in [2.24, 2.45) is 5.92 Å². The van der Waals surface area contributed by atoms with Crippen LogP contribution in [0.3, 0.4) is 0 Å². The van der Waals surface area contributed by atoms with Gasteiger partial charge in [0.15, 0.2) is 11.5 Å². The number of methoxy groups -OCH3 is 2. The largest absolute Gasteiger partial charge is 0.493 e. The van der Waals surface area contributed by atoms with E-state index in [0.717, 1.165) is 55.0 Å². The Kier molecular flexibility index (Phi) is 9.81. The SMILES string of the molecule is COc1ccc(CCCNCCC2(O)CCc3cc(F)ccc3C2C(C)C)cc1OC.Cl. The molecule has 0 saturated heterocycles. The minimum atomic E-state index is -0.755. The summed E-state index contributed by atoms with van der Waals surface area (Å²) >= 11 is 0. The summed E-state index contributed by atoms with van der Waals surface area (Å²) in [4.78, 5) is 0. The van der Waals surface area contributed by atoms with E-state index in [9.17, 15) is 9.50 Å². The summed E-state index contributed by atoms with van der Waals surface area (Å²) in [6.45, 7) is 5.94. The van der Waals surface area contributed by atoms with Crippen LogP contribution in [0.4, 0.5) is 4.39 Å². The van der Waals surface area contributed by atoms with Gasteiger partial charge in [0.2, 0.25) is 0 Å². The highest BCUT2D eigenvalue weighted by Crippen LogP contribution is 2.45. The van der Waals surface area contributed by atoms with Gasteiger partial charge in [-0.05, 0) is 92.1 Å². The number of aliphatic hydroxyl groups is 1. The zero-order valence-corrected chi connectivity index (χ0v) is 20.4. The molecule has 0 radical (unpaired) electrons. The van der Waals surface area contributed by atoms with E-state index < -0.39 is 5.60 Å². The first-order valence-corrected chi connectivity index (χ1v) is 11.3. The lowest BCUT2D eigenvalue weighted by atomic mass is 9.66. The summed E-state index contributed by atoms with van der Waals surface area (Å²) in [6.07, 6.45) is 4.06. The molecule has 0 amide bonds. The molecule has 178 valence electrons. The second-order valence-corrected chi connectivity index (χ2v) is 8.96. The predicted octanol–water partition coefficient (Wildman–Crippen LogP) is 5.29. The second-order valence-electron chi connectivity index (χ2n) is 8.96. The number of hydrogen-bond acceptors (Lipinski definition) is 4. The van der Waals surface area contributed by atoms with E-state index in [-0.39, 0.29) is 24.1 Å². The van der Waals surface area contributed by atoms with Gasteiger partial charge in [0.05, 0.1) is 19.8 Å². The van der Waals surface area contributed by atoms with Crippen molar-refractivity contribution < 1.29 is 19.0 Å². The molecule has 32 heavy (non-hydrogen) atoms. The molecule has 1 aliphatic rings. The van der Waals surface area contributed by atoms with E-state index in [1.54, 1.807) is 20.3 Å². The molecule has 3 rings (SSSR count). The van der Waals surface area contributed by atoms with Crippen LogP contribution < -0.4 is 14.8 Å². The van der Waals surface area contributed by atoms with Crippen LogP contribution in [-0.4, -0.2) is 38.0 Å². The van der Waals surface area contributed by atoms with Gasteiger partial charge < -0.3 is 19.9 Å². The predicted molar refractivity (Wildman–Crippen MR) is 130 cm³/mol. The summed E-state index contributed by atoms with van der Waals surface area (Å²) in [5.41, 5.74) is 2.62. The average molecular weight is 466 g/mol. The Morgan fingerprint density at radius 2 is 1.84 bits per heavy atom. The molecule has 0 aromatic heterocycles. The molecule has 0 spiro atoms. The molecule has 0 heterocycles. The first-order chi connectivity index (χ1) is 14.9. The van der Waals surface area contributed by atoms with Gasteiger partial charge in [-0.15, -0.1) is 12.4 Å². The van der Waals surface area contributed by atoms with Gasteiger partial charge in [-0.1, -0.05) is 26.0 Å². The third kappa shape index (κ3) is 6.15. The standard InChI is InChI=1S/C26H36FNO3.ClH/c1-18(2)25-22-9-8-21(27)17-20(22)11-12-26(25,29)13-15-28-14-5-6-19-7-10-23(30-3)24(16-19)31-4;/h7-10,16-18,25,28-29H,5-6,11-15H2,1-4H3;1H. The normalized spacial score (nSPS) is 19.9. The molecule has 4 nitrogen and oxygen atoms in total. The van der Waals surface area contributed by atoms with E-state index in [1.807, 2.05) is 18.2 Å². The minimum absolute atomic E-state index is 0. The Morgan fingerprint density at radius 1 is 1.09 bits per heavy atom. The lowest BCUT2D eigenvalue weighted by Gasteiger charge is -2.44. The zero-order chi connectivity index (χ0) is 22.4. The number of aryl methyl sites for hydroxylation is 2. The van der Waals surface area contributed by atoms with Crippen LogP contribution in [0.15, 0.2) is 36.4 Å². The van der Waals surface area contributed by atoms with Crippen molar-refractivity contribution in [3.05, 3.63) is 58.9 Å². The molecule has 1 aliphatic carbocycles. The van der Waals surface area contributed by atoms with Gasteiger partial charge in [0.25, 0.3) is 0 Å². The lowest BCUT2D eigenvalue weighted by molar-refractivity contribution is -0.0241. The molecular weight excluding hydrogens is 429 g/mol. The molecule has 2 aromatic rings. The van der Waals surface area contributed by atoms with Gasteiger partial charge in [-0.3, -0.25) is 0 Å². The third-order valence-electron chi connectivity index (χ3n) is 6.51. The summed E-state index contributed by atoms with van der Waals surface area (Å²) in [6, 6.07) is 11.1. The Morgan fingerprint density at radius 3 is 2.53 bits per heavy atom. The van der Waals surface area contributed by atoms with E-state index in [0.29, 0.717) is 18.8 Å². The third-order valence-corrected chi connectivity index (χ3v) is 6.51. The molecule has 0 bridgehead atoms. The van der Waals surface area contributed by atoms with Crippen molar-refractivity contribution >= 4 is 12.4 Å². The molecule has 0 saturated carbocycles. The van der Waals surface area contributed by atoms with Crippen LogP contribution in [0.1, 0.15) is 55.7 Å². The highest BCUT2D eigenvalue weighted by molar-refractivity contribution is 5.85. The Balaban J connectivity index is 0.00000363. The number of ether oxygens (including phenoxy) is 2. The monoisotopic (exact) mass is 465 g/mol. The average Bonchev–Trinajstić information content (AvgIpc) is 2.75. The fourth-order valence-corrected chi connectivity index (χ4v) is 5.03. The Bertz CT molecular complexity index is 876. The number of fused-ring (bicyclic) bond motifs is 1. The molecule has 2 unspecified atom stereocenters. The Hall–Kier alpha value is -1.82. The van der Waals surface area contributed by atoms with Crippen molar-refractivity contribution in [3.8, 4) is 11.5 Å². The highest BCUT2D eigenvalue weighted by Gasteiger charge is 2.42. The molecule has 0 aliphatic heterocycles. The topological polar surface area (TPSA) is 50.7 Å². The van der Waals surface area contributed by atoms with Gasteiger partial charge in [0.1, 0.15) is 5.82 Å². The molecule has 2 N–H and O–H groups in total. The maximum Gasteiger partial charge on any atom is 0.160 e. The van der Waals surface area contributed by atoms with Crippen molar-refractivity contribution in [2.45, 2.75) is 57.5 Å². The van der Waals surface area contributed by atoms with Crippen LogP contribution in [0.5, 0.6) is 11.5 Å². The molecule has 6 heteroatoms. The highest BCUT2D eigenvalue weighted by atomic mass is 35.5. The molecule has 0 fully saturated rings. The van der Waals surface area contributed by atoms with Crippen molar-refractivity contribution in [2.75, 3.05) is 27.3 Å². The number of halogens is 2. The van der Waals surface area contributed by atoms with Crippen LogP contribution >= 0.6 is 12.4 Å². The van der Waals surface area contributed by atoms with E-state index >= 15 is 0 Å². The maximum absolute atomic E-state index is 13.7. The van der Waals surface area contributed by atoms with Gasteiger partial charge in [-0.25, -0.2) is 4.39 Å². The zero-order valence-electron chi connectivity index (χ0n) is 19.6. The van der Waals surface area contributed by atoms with Crippen LogP contribution in [0.25, 0.3) is 0 Å². The summed E-state index contributed by atoms with van der Waals surface area (Å²) < 4.78 is 24.3. The number of rotatable bonds is 10. The fraction of sp³-hybridized carbons (Fsp3) is 0.538. The Labute approximate surface area is 197 Å². The van der Waals surface area contributed by atoms with Crippen LogP contribution in [0, 0.1) is 11.7 Å². The minimum Gasteiger partial charge on any atom is -0.493 e. The van der Waals surface area contributed by atoms with E-state index in [4.69, 9.17) is 9.47 Å². The van der Waals surface area contributed by atoms with E-state index in [1.165, 1.54) is 11.6 Å². The quantitative estimate of drug-likeness (QED) is 0.468. The fourth-order valence-electron chi connectivity index (χ4n) is 5.03. The van der Waals surface area contributed by atoms with Crippen molar-refractivity contribution in [3.63, 3.8) is 0 Å². The van der Waals surface area contributed by atoms with Crippen LogP contribution in [-0.2, 0) is 12.8 Å². The molecule has 2 atom stereocenters. The number of nitrogens with one attached hydrogen (secondary N) is 1. The lowest BCUT2D eigenvalue weighted by Crippen LogP contribution is -2.45.